The lowest BCUT2D eigenvalue weighted by Gasteiger charge is -2.27. The van der Waals surface area contributed by atoms with Gasteiger partial charge in [-0.15, -0.1) is 0 Å². The molecule has 0 heterocycles. The van der Waals surface area contributed by atoms with Crippen molar-refractivity contribution in [2.45, 2.75) is 82.7 Å². The van der Waals surface area contributed by atoms with Crippen LogP contribution in [0.4, 0.5) is 4.79 Å². The van der Waals surface area contributed by atoms with Crippen molar-refractivity contribution in [1.82, 2.24) is 10.2 Å². The summed E-state index contributed by atoms with van der Waals surface area (Å²) in [6, 6.07) is -1.07. The summed E-state index contributed by atoms with van der Waals surface area (Å²) >= 11 is 0. The van der Waals surface area contributed by atoms with Crippen LogP contribution in [0.25, 0.3) is 0 Å². The molecule has 0 aliphatic heterocycles. The van der Waals surface area contributed by atoms with E-state index in [1.54, 1.807) is 0 Å². The number of carbonyl (C=O) groups excluding carboxylic acids is 3. The molecular weight excluding hydrogens is 426 g/mol. The molecule has 11 N–H and O–H groups in total. The van der Waals surface area contributed by atoms with Crippen LogP contribution < -0.4 is 34.0 Å². The summed E-state index contributed by atoms with van der Waals surface area (Å²) in [5.74, 6) is -0.566. The monoisotopic (exact) mass is 473 g/mol. The third kappa shape index (κ3) is 17.2. The molecule has 0 aliphatic carbocycles. The van der Waals surface area contributed by atoms with E-state index in [1.807, 2.05) is 0 Å². The molecule has 0 bridgehead atoms. The van der Waals surface area contributed by atoms with Gasteiger partial charge in [0.15, 0.2) is 0 Å². The molecule has 0 rings (SSSR count). The summed E-state index contributed by atoms with van der Waals surface area (Å²) in [7, 11) is 0. The topological polar surface area (TPSA) is 206 Å². The summed E-state index contributed by atoms with van der Waals surface area (Å²) in [5.41, 5.74) is 27.7. The highest BCUT2D eigenvalue weighted by Gasteiger charge is 2.24. The van der Waals surface area contributed by atoms with E-state index in [2.05, 4.69) is 5.32 Å². The molecule has 0 aromatic carbocycles. The Labute approximate surface area is 198 Å². The Kier molecular flexibility index (Phi) is 19.4. The molecular formula is C22H47N7O4. The zero-order chi connectivity index (χ0) is 24.9. The molecule has 0 saturated carbocycles. The van der Waals surface area contributed by atoms with Gasteiger partial charge in [-0.1, -0.05) is 32.1 Å². The van der Waals surface area contributed by atoms with Gasteiger partial charge in [0.1, 0.15) is 6.61 Å². The van der Waals surface area contributed by atoms with E-state index >= 15 is 0 Å². The number of hydrogen-bond acceptors (Lipinski definition) is 8. The maximum absolute atomic E-state index is 12.9. The first-order valence-electron chi connectivity index (χ1n) is 12.2. The normalized spacial score (nSPS) is 12.7. The number of unbranched alkanes of at least 4 members (excludes halogenated alkanes) is 6. The second kappa shape index (κ2) is 20.6. The molecule has 33 heavy (non-hydrogen) atoms. The Morgan fingerprint density at radius 2 is 1.33 bits per heavy atom. The van der Waals surface area contributed by atoms with Crippen LogP contribution in [0, 0.1) is 0 Å². The first kappa shape index (κ1) is 31.0. The largest absolute Gasteiger partial charge is 0.448 e. The fraction of sp³-hybridized carbons (Fsp3) is 0.864. The Hall–Kier alpha value is -1.95. The SMILES string of the molecule is NCCCCCCCN(CC(=O)N[C@H](CCCCN)COC(N)=O)C(=O)[C@H](N)CCCCN. The van der Waals surface area contributed by atoms with Gasteiger partial charge in [0, 0.05) is 6.54 Å². The van der Waals surface area contributed by atoms with Crippen molar-refractivity contribution < 1.29 is 19.1 Å². The minimum atomic E-state index is -0.900. The Morgan fingerprint density at radius 3 is 1.94 bits per heavy atom. The van der Waals surface area contributed by atoms with Gasteiger partial charge in [-0.25, -0.2) is 4.79 Å². The van der Waals surface area contributed by atoms with E-state index in [0.717, 1.165) is 57.8 Å². The first-order valence-corrected chi connectivity index (χ1v) is 12.2. The minimum absolute atomic E-state index is 0.0284. The van der Waals surface area contributed by atoms with Crippen LogP contribution in [-0.2, 0) is 14.3 Å². The van der Waals surface area contributed by atoms with Crippen molar-refractivity contribution in [3.8, 4) is 0 Å². The number of hydrogen-bond donors (Lipinski definition) is 6. The van der Waals surface area contributed by atoms with Crippen LogP contribution in [0.2, 0.25) is 0 Å². The van der Waals surface area contributed by atoms with Gasteiger partial charge in [-0.3, -0.25) is 9.59 Å². The highest BCUT2D eigenvalue weighted by atomic mass is 16.5. The number of primary amides is 1. The van der Waals surface area contributed by atoms with Gasteiger partial charge in [-0.2, -0.15) is 0 Å². The van der Waals surface area contributed by atoms with Gasteiger partial charge in [0.25, 0.3) is 0 Å². The van der Waals surface area contributed by atoms with Crippen molar-refractivity contribution in [1.29, 1.82) is 0 Å². The Morgan fingerprint density at radius 1 is 0.788 bits per heavy atom. The predicted molar refractivity (Wildman–Crippen MR) is 130 cm³/mol. The van der Waals surface area contributed by atoms with Crippen LogP contribution in [-0.4, -0.2) is 74.2 Å². The van der Waals surface area contributed by atoms with Crippen molar-refractivity contribution in [3.63, 3.8) is 0 Å². The maximum atomic E-state index is 12.9. The molecule has 11 heteroatoms. The summed E-state index contributed by atoms with van der Waals surface area (Å²) in [4.78, 5) is 38.1. The quantitative estimate of drug-likeness (QED) is 0.124. The molecule has 0 radical (unpaired) electrons. The number of nitrogens with zero attached hydrogens (tertiary/aromatic N) is 1. The van der Waals surface area contributed by atoms with E-state index in [1.165, 1.54) is 4.90 Å². The smallest absolute Gasteiger partial charge is 0.404 e. The van der Waals surface area contributed by atoms with Gasteiger partial charge >= 0.3 is 6.09 Å². The zero-order valence-electron chi connectivity index (χ0n) is 20.1. The molecule has 0 aromatic rings. The Balaban J connectivity index is 4.93. The molecule has 0 fully saturated rings. The van der Waals surface area contributed by atoms with Crippen molar-refractivity contribution >= 4 is 17.9 Å². The third-order valence-electron chi connectivity index (χ3n) is 5.36. The minimum Gasteiger partial charge on any atom is -0.448 e. The van der Waals surface area contributed by atoms with Crippen molar-refractivity contribution in [2.24, 2.45) is 28.7 Å². The van der Waals surface area contributed by atoms with Crippen molar-refractivity contribution in [2.75, 3.05) is 39.3 Å². The van der Waals surface area contributed by atoms with E-state index < -0.39 is 18.2 Å². The van der Waals surface area contributed by atoms with E-state index in [9.17, 15) is 14.4 Å². The number of amides is 3. The van der Waals surface area contributed by atoms with Gasteiger partial charge < -0.3 is 43.6 Å². The fourth-order valence-electron chi connectivity index (χ4n) is 3.47. The molecule has 194 valence electrons. The number of carbonyl (C=O) groups is 3. The summed E-state index contributed by atoms with van der Waals surface area (Å²) < 4.78 is 4.87. The Bertz CT molecular complexity index is 537. The lowest BCUT2D eigenvalue weighted by molar-refractivity contribution is -0.137. The predicted octanol–water partition coefficient (Wildman–Crippen LogP) is -0.110. The van der Waals surface area contributed by atoms with E-state index in [4.69, 9.17) is 33.4 Å². The standard InChI is InChI=1S/C22H47N7O4/c23-12-6-2-1-3-9-15-29(21(31)19(26)11-5-8-14-25)16-20(30)28-18(10-4-7-13-24)17-33-22(27)32/h18-19H,1-17,23-26H2,(H2,27,32)(H,28,30)/t18-,19-/m1/s1. The average molecular weight is 474 g/mol. The molecule has 0 aliphatic rings. The molecule has 3 amide bonds. The number of ether oxygens (including phenoxy) is 1. The zero-order valence-corrected chi connectivity index (χ0v) is 20.1. The van der Waals surface area contributed by atoms with Crippen LogP contribution in [0.15, 0.2) is 0 Å². The molecule has 2 atom stereocenters. The van der Waals surface area contributed by atoms with Crippen LogP contribution >= 0.6 is 0 Å². The molecule has 0 unspecified atom stereocenters. The number of nitrogens with one attached hydrogen (secondary N) is 1. The second-order valence-electron chi connectivity index (χ2n) is 8.39. The lowest BCUT2D eigenvalue weighted by Crippen LogP contribution is -2.50. The molecule has 0 spiro atoms. The average Bonchev–Trinajstić information content (AvgIpc) is 2.78. The van der Waals surface area contributed by atoms with Crippen LogP contribution in [0.3, 0.4) is 0 Å². The maximum Gasteiger partial charge on any atom is 0.404 e. The molecule has 0 aromatic heterocycles. The summed E-state index contributed by atoms with van der Waals surface area (Å²) in [5, 5.41) is 2.85. The first-order chi connectivity index (χ1) is 15.8. The molecule has 0 saturated heterocycles. The van der Waals surface area contributed by atoms with Crippen LogP contribution in [0.1, 0.15) is 70.6 Å². The fourth-order valence-corrected chi connectivity index (χ4v) is 3.47. The summed E-state index contributed by atoms with van der Waals surface area (Å²) in [6.45, 7) is 2.08. The number of rotatable bonds is 21. The van der Waals surface area contributed by atoms with Crippen LogP contribution in [0.5, 0.6) is 0 Å². The van der Waals surface area contributed by atoms with Gasteiger partial charge in [0.2, 0.25) is 11.8 Å². The highest BCUT2D eigenvalue weighted by Crippen LogP contribution is 2.08. The van der Waals surface area contributed by atoms with Gasteiger partial charge in [-0.05, 0) is 58.2 Å². The highest BCUT2D eigenvalue weighted by molar-refractivity contribution is 5.87. The number of nitrogens with two attached hydrogens (primary N) is 5. The lowest BCUT2D eigenvalue weighted by atomic mass is 10.1. The van der Waals surface area contributed by atoms with E-state index in [-0.39, 0.29) is 25.0 Å². The van der Waals surface area contributed by atoms with Gasteiger partial charge in [0.05, 0.1) is 18.6 Å². The van der Waals surface area contributed by atoms with Crippen molar-refractivity contribution in [3.05, 3.63) is 0 Å². The second-order valence-corrected chi connectivity index (χ2v) is 8.39. The molecule has 11 nitrogen and oxygen atoms in total. The van der Waals surface area contributed by atoms with E-state index in [0.29, 0.717) is 39.0 Å². The summed E-state index contributed by atoms with van der Waals surface area (Å²) in [6.07, 6.45) is 8.11. The third-order valence-corrected chi connectivity index (χ3v) is 5.36.